The molecule has 0 radical (unpaired) electrons. The molecule has 0 heterocycles. The van der Waals surface area contributed by atoms with Crippen molar-refractivity contribution in [3.8, 4) is 0 Å². The second-order valence-electron chi connectivity index (χ2n) is 4.53. The summed E-state index contributed by atoms with van der Waals surface area (Å²) in [5.74, 6) is 1.93. The molecule has 0 aromatic heterocycles. The van der Waals surface area contributed by atoms with Gasteiger partial charge in [0.25, 0.3) is 0 Å². The van der Waals surface area contributed by atoms with Gasteiger partial charge in [0.2, 0.25) is 0 Å². The first kappa shape index (κ1) is 14.7. The highest BCUT2D eigenvalue weighted by Crippen LogP contribution is 2.15. The number of hydrogen-bond donors (Lipinski definition) is 2. The summed E-state index contributed by atoms with van der Waals surface area (Å²) in [6.07, 6.45) is 2.10. The maximum Gasteiger partial charge on any atom is 0.191 e. The molecule has 0 unspecified atom stereocenters. The standard InChI is InChI=1S/C16H21N3S/c1-17-16(18-9-10-20-2)19-12-13-7-8-14-5-3-4-6-15(14)11-13/h3-8,11H,9-10,12H2,1-2H3,(H2,17,18,19). The molecule has 0 aliphatic rings. The summed E-state index contributed by atoms with van der Waals surface area (Å²) in [6.45, 7) is 1.71. The van der Waals surface area contributed by atoms with Gasteiger partial charge in [0.1, 0.15) is 0 Å². The molecule has 4 heteroatoms. The first-order chi connectivity index (χ1) is 9.83. The predicted octanol–water partition coefficient (Wildman–Crippen LogP) is 2.87. The third kappa shape index (κ3) is 4.17. The number of aliphatic imine (C=N–C) groups is 1. The lowest BCUT2D eigenvalue weighted by atomic mass is 10.1. The maximum absolute atomic E-state index is 4.22. The normalized spacial score (nSPS) is 11.6. The van der Waals surface area contributed by atoms with Crippen LogP contribution in [0.15, 0.2) is 47.5 Å². The lowest BCUT2D eigenvalue weighted by Gasteiger charge is -2.11. The van der Waals surface area contributed by atoms with Crippen LogP contribution in [-0.2, 0) is 6.54 Å². The molecular formula is C16H21N3S. The lowest BCUT2D eigenvalue weighted by Crippen LogP contribution is -2.37. The average molecular weight is 287 g/mol. The Morgan fingerprint density at radius 1 is 1.10 bits per heavy atom. The number of fused-ring (bicyclic) bond motifs is 1. The van der Waals surface area contributed by atoms with Crippen molar-refractivity contribution in [2.45, 2.75) is 6.54 Å². The van der Waals surface area contributed by atoms with Crippen LogP contribution in [0.4, 0.5) is 0 Å². The van der Waals surface area contributed by atoms with Crippen LogP contribution < -0.4 is 10.6 Å². The number of rotatable bonds is 5. The number of nitrogens with one attached hydrogen (secondary N) is 2. The van der Waals surface area contributed by atoms with Gasteiger partial charge in [-0.15, -0.1) is 0 Å². The fourth-order valence-corrected chi connectivity index (χ4v) is 2.33. The maximum atomic E-state index is 4.22. The van der Waals surface area contributed by atoms with Gasteiger partial charge in [-0.1, -0.05) is 36.4 Å². The molecule has 0 bridgehead atoms. The summed E-state index contributed by atoms with van der Waals surface area (Å²) in [6, 6.07) is 15.0. The number of benzene rings is 2. The fourth-order valence-electron chi connectivity index (χ4n) is 2.03. The Morgan fingerprint density at radius 3 is 2.65 bits per heavy atom. The van der Waals surface area contributed by atoms with Crippen molar-refractivity contribution >= 4 is 28.5 Å². The van der Waals surface area contributed by atoms with Crippen molar-refractivity contribution in [3.05, 3.63) is 48.0 Å². The van der Waals surface area contributed by atoms with E-state index in [1.165, 1.54) is 16.3 Å². The largest absolute Gasteiger partial charge is 0.356 e. The molecule has 2 rings (SSSR count). The van der Waals surface area contributed by atoms with Crippen molar-refractivity contribution < 1.29 is 0 Å². The Labute approximate surface area is 124 Å². The van der Waals surface area contributed by atoms with Crippen molar-refractivity contribution in [1.29, 1.82) is 0 Å². The van der Waals surface area contributed by atoms with Crippen molar-refractivity contribution in [2.24, 2.45) is 4.99 Å². The molecule has 0 spiro atoms. The highest BCUT2D eigenvalue weighted by molar-refractivity contribution is 7.98. The van der Waals surface area contributed by atoms with E-state index < -0.39 is 0 Å². The lowest BCUT2D eigenvalue weighted by molar-refractivity contribution is 0.834. The van der Waals surface area contributed by atoms with Gasteiger partial charge in [-0.2, -0.15) is 11.8 Å². The second-order valence-corrected chi connectivity index (χ2v) is 5.51. The van der Waals surface area contributed by atoms with E-state index in [0.717, 1.165) is 24.8 Å². The summed E-state index contributed by atoms with van der Waals surface area (Å²) >= 11 is 1.82. The third-order valence-corrected chi connectivity index (χ3v) is 3.71. The van der Waals surface area contributed by atoms with Crippen molar-refractivity contribution in [2.75, 3.05) is 25.6 Å². The van der Waals surface area contributed by atoms with Gasteiger partial charge in [-0.05, 0) is 28.7 Å². The summed E-state index contributed by atoms with van der Waals surface area (Å²) in [5, 5.41) is 9.19. The summed E-state index contributed by atoms with van der Waals surface area (Å²) in [5.41, 5.74) is 1.26. The Balaban J connectivity index is 1.94. The number of thioether (sulfide) groups is 1. The van der Waals surface area contributed by atoms with Crippen LogP contribution in [-0.4, -0.2) is 31.6 Å². The minimum Gasteiger partial charge on any atom is -0.356 e. The SMILES string of the molecule is CN=C(NCCSC)NCc1ccc2ccccc2c1. The smallest absolute Gasteiger partial charge is 0.191 e. The zero-order valence-corrected chi connectivity index (χ0v) is 12.8. The van der Waals surface area contributed by atoms with E-state index in [0.29, 0.717) is 0 Å². The first-order valence-electron chi connectivity index (χ1n) is 6.74. The molecule has 0 saturated heterocycles. The Bertz CT molecular complexity index is 581. The monoisotopic (exact) mass is 287 g/mol. The molecule has 0 aliphatic heterocycles. The van der Waals surface area contributed by atoms with Gasteiger partial charge in [0.05, 0.1) is 0 Å². The van der Waals surface area contributed by atoms with Crippen LogP contribution in [0.5, 0.6) is 0 Å². The molecule has 2 aromatic carbocycles. The van der Waals surface area contributed by atoms with Gasteiger partial charge in [0.15, 0.2) is 5.96 Å². The van der Waals surface area contributed by atoms with E-state index >= 15 is 0 Å². The van der Waals surface area contributed by atoms with Crippen LogP contribution in [0.3, 0.4) is 0 Å². The Kier molecular flexibility index (Phi) is 5.74. The second kappa shape index (κ2) is 7.80. The van der Waals surface area contributed by atoms with Crippen LogP contribution in [0, 0.1) is 0 Å². The van der Waals surface area contributed by atoms with Crippen molar-refractivity contribution in [1.82, 2.24) is 10.6 Å². The molecule has 0 amide bonds. The minimum atomic E-state index is 0.782. The van der Waals surface area contributed by atoms with E-state index in [-0.39, 0.29) is 0 Å². The number of guanidine groups is 1. The average Bonchev–Trinajstić information content (AvgIpc) is 2.50. The molecule has 0 atom stereocenters. The first-order valence-corrected chi connectivity index (χ1v) is 8.14. The summed E-state index contributed by atoms with van der Waals surface area (Å²) < 4.78 is 0. The summed E-state index contributed by atoms with van der Waals surface area (Å²) in [4.78, 5) is 4.22. The van der Waals surface area contributed by atoms with Gasteiger partial charge < -0.3 is 10.6 Å². The van der Waals surface area contributed by atoms with E-state index in [2.05, 4.69) is 64.3 Å². The molecule has 106 valence electrons. The van der Waals surface area contributed by atoms with E-state index in [9.17, 15) is 0 Å². The van der Waals surface area contributed by atoms with E-state index in [1.807, 2.05) is 11.8 Å². The van der Waals surface area contributed by atoms with Crippen LogP contribution in [0.25, 0.3) is 10.8 Å². The molecule has 3 nitrogen and oxygen atoms in total. The molecule has 20 heavy (non-hydrogen) atoms. The van der Waals surface area contributed by atoms with Gasteiger partial charge in [0, 0.05) is 25.9 Å². The van der Waals surface area contributed by atoms with Crippen LogP contribution in [0.2, 0.25) is 0 Å². The summed E-state index contributed by atoms with van der Waals surface area (Å²) in [7, 11) is 1.80. The molecule has 0 aliphatic carbocycles. The molecule has 0 saturated carbocycles. The Morgan fingerprint density at radius 2 is 1.90 bits per heavy atom. The van der Waals surface area contributed by atoms with Gasteiger partial charge in [-0.3, -0.25) is 4.99 Å². The quantitative estimate of drug-likeness (QED) is 0.504. The topological polar surface area (TPSA) is 36.4 Å². The highest BCUT2D eigenvalue weighted by Gasteiger charge is 1.99. The van der Waals surface area contributed by atoms with E-state index in [1.54, 1.807) is 7.05 Å². The van der Waals surface area contributed by atoms with E-state index in [4.69, 9.17) is 0 Å². The number of hydrogen-bond acceptors (Lipinski definition) is 2. The molecule has 0 fully saturated rings. The Hall–Kier alpha value is -1.68. The van der Waals surface area contributed by atoms with Gasteiger partial charge >= 0.3 is 0 Å². The molecule has 2 aromatic rings. The zero-order valence-electron chi connectivity index (χ0n) is 12.0. The van der Waals surface area contributed by atoms with Crippen molar-refractivity contribution in [3.63, 3.8) is 0 Å². The van der Waals surface area contributed by atoms with Gasteiger partial charge in [-0.25, -0.2) is 0 Å². The zero-order chi connectivity index (χ0) is 14.2. The minimum absolute atomic E-state index is 0.782. The molecular weight excluding hydrogens is 266 g/mol. The molecule has 2 N–H and O–H groups in total. The van der Waals surface area contributed by atoms with Crippen LogP contribution >= 0.6 is 11.8 Å². The number of nitrogens with zero attached hydrogens (tertiary/aromatic N) is 1. The van der Waals surface area contributed by atoms with Crippen LogP contribution in [0.1, 0.15) is 5.56 Å². The third-order valence-electron chi connectivity index (χ3n) is 3.10. The highest BCUT2D eigenvalue weighted by atomic mass is 32.2. The fraction of sp³-hybridized carbons (Fsp3) is 0.312. The predicted molar refractivity (Wildman–Crippen MR) is 90.5 cm³/mol.